The average Bonchev–Trinajstić information content (AvgIpc) is 2.79. The molecule has 3 rings (SSSR count). The third kappa shape index (κ3) is 7.21. The second kappa shape index (κ2) is 13.8. The van der Waals surface area contributed by atoms with Gasteiger partial charge in [0.25, 0.3) is 0 Å². The Morgan fingerprint density at radius 3 is 2.56 bits per heavy atom. The minimum atomic E-state index is -0.488. The molecule has 0 saturated heterocycles. The van der Waals surface area contributed by atoms with Gasteiger partial charge in [-0.25, -0.2) is 0 Å². The van der Waals surface area contributed by atoms with Gasteiger partial charge in [-0.1, -0.05) is 19.3 Å². The number of thioether (sulfide) groups is 1. The summed E-state index contributed by atoms with van der Waals surface area (Å²) in [6.07, 6.45) is 6.63. The van der Waals surface area contributed by atoms with Gasteiger partial charge in [0.05, 0.1) is 25.0 Å². The van der Waals surface area contributed by atoms with E-state index in [-0.39, 0.29) is 12.4 Å². The first kappa shape index (κ1) is 26.7. The molecule has 1 aromatic carbocycles. The maximum atomic E-state index is 10.5. The molecule has 1 aliphatic heterocycles. The molecular weight excluding hydrogens is 446 g/mol. The Hall–Kier alpha value is -1.59. The molecule has 1 fully saturated rings. The van der Waals surface area contributed by atoms with Crippen LogP contribution in [0.5, 0.6) is 11.5 Å². The Balaban J connectivity index is 0.00000363. The highest BCUT2D eigenvalue weighted by molar-refractivity contribution is 8.03. The highest BCUT2D eigenvalue weighted by Gasteiger charge is 2.22. The van der Waals surface area contributed by atoms with Crippen molar-refractivity contribution in [2.45, 2.75) is 64.5 Å². The van der Waals surface area contributed by atoms with Crippen molar-refractivity contribution in [2.75, 3.05) is 32.1 Å². The van der Waals surface area contributed by atoms with Crippen molar-refractivity contribution in [3.8, 4) is 17.6 Å². The number of nitrogens with one attached hydrogen (secondary N) is 2. The fourth-order valence-electron chi connectivity index (χ4n) is 4.21. The Bertz CT molecular complexity index is 806. The van der Waals surface area contributed by atoms with Crippen LogP contribution in [0, 0.1) is 11.3 Å². The van der Waals surface area contributed by atoms with E-state index in [1.165, 1.54) is 43.9 Å². The van der Waals surface area contributed by atoms with Crippen LogP contribution >= 0.6 is 24.2 Å². The fraction of sp³-hybridized carbons (Fsp3) is 0.625. The normalized spacial score (nSPS) is 18.4. The van der Waals surface area contributed by atoms with Crippen LogP contribution in [0.3, 0.4) is 0 Å². The molecule has 1 unspecified atom stereocenters. The van der Waals surface area contributed by atoms with Crippen LogP contribution in [0.4, 0.5) is 0 Å². The summed E-state index contributed by atoms with van der Waals surface area (Å²) in [6, 6.07) is 6.87. The summed E-state index contributed by atoms with van der Waals surface area (Å²) < 4.78 is 11.6. The zero-order chi connectivity index (χ0) is 22.1. The minimum absolute atomic E-state index is 0. The number of aliphatic hydroxyl groups is 1. The highest BCUT2D eigenvalue weighted by Crippen LogP contribution is 2.37. The van der Waals surface area contributed by atoms with Gasteiger partial charge in [0, 0.05) is 30.4 Å². The first-order valence-corrected chi connectivity index (χ1v) is 12.5. The predicted molar refractivity (Wildman–Crippen MR) is 134 cm³/mol. The smallest absolute Gasteiger partial charge is 0.161 e. The van der Waals surface area contributed by atoms with Crippen LogP contribution in [-0.2, 0) is 6.42 Å². The lowest BCUT2D eigenvalue weighted by Gasteiger charge is -2.25. The van der Waals surface area contributed by atoms with Crippen molar-refractivity contribution in [3.05, 3.63) is 28.2 Å². The monoisotopic (exact) mass is 481 g/mol. The first-order chi connectivity index (χ1) is 15.2. The van der Waals surface area contributed by atoms with Gasteiger partial charge in [-0.05, 0) is 50.8 Å². The quantitative estimate of drug-likeness (QED) is 0.430. The molecule has 0 bridgehead atoms. The van der Waals surface area contributed by atoms with E-state index in [2.05, 4.69) is 16.7 Å². The molecule has 0 aromatic heterocycles. The van der Waals surface area contributed by atoms with Gasteiger partial charge in [-0.2, -0.15) is 5.26 Å². The molecule has 1 heterocycles. The number of fused-ring (bicyclic) bond motifs is 1. The standard InChI is InChI=1S/C24H35N3O3S.ClH/c1-3-29-21-12-17-10-11-26-24(20(17)13-22(21)30-4-2)23(14-25)31-16-19(28)15-27-18-8-6-5-7-9-18;/h12-13,18-19,26-28H,3-11,15-16H2,1-2H3;1H. The van der Waals surface area contributed by atoms with Crippen LogP contribution in [0.2, 0.25) is 0 Å². The Kier molecular flexibility index (Phi) is 11.5. The lowest BCUT2D eigenvalue weighted by Crippen LogP contribution is -2.37. The Morgan fingerprint density at radius 2 is 1.91 bits per heavy atom. The first-order valence-electron chi connectivity index (χ1n) is 11.5. The van der Waals surface area contributed by atoms with Crippen molar-refractivity contribution >= 4 is 29.9 Å². The summed E-state index contributed by atoms with van der Waals surface area (Å²) in [4.78, 5) is 0.601. The molecule has 1 saturated carbocycles. The van der Waals surface area contributed by atoms with E-state index in [1.54, 1.807) is 0 Å². The Morgan fingerprint density at radius 1 is 1.22 bits per heavy atom. The number of ether oxygens (including phenoxy) is 2. The van der Waals surface area contributed by atoms with Gasteiger partial charge in [0.2, 0.25) is 0 Å². The average molecular weight is 482 g/mol. The summed E-state index contributed by atoms with van der Waals surface area (Å²) in [5, 5.41) is 27.2. The summed E-state index contributed by atoms with van der Waals surface area (Å²) in [5.74, 6) is 1.93. The number of benzene rings is 1. The van der Waals surface area contributed by atoms with Crippen LogP contribution in [0.1, 0.15) is 57.1 Å². The number of nitriles is 1. The van der Waals surface area contributed by atoms with Gasteiger partial charge >= 0.3 is 0 Å². The summed E-state index contributed by atoms with van der Waals surface area (Å²) in [6.45, 7) is 6.36. The van der Waals surface area contributed by atoms with Crippen molar-refractivity contribution < 1.29 is 14.6 Å². The number of rotatable bonds is 10. The maximum absolute atomic E-state index is 10.5. The lowest BCUT2D eigenvalue weighted by molar-refractivity contribution is 0.185. The molecule has 32 heavy (non-hydrogen) atoms. The highest BCUT2D eigenvalue weighted by atomic mass is 35.5. The number of hydrogen-bond acceptors (Lipinski definition) is 7. The van der Waals surface area contributed by atoms with Crippen LogP contribution in [-0.4, -0.2) is 49.3 Å². The predicted octanol–water partition coefficient (Wildman–Crippen LogP) is 4.26. The van der Waals surface area contributed by atoms with Crippen LogP contribution in [0.25, 0.3) is 5.70 Å². The molecular formula is C24H36ClN3O3S. The molecule has 1 aliphatic carbocycles. The van der Waals surface area contributed by atoms with Crippen LogP contribution < -0.4 is 20.1 Å². The summed E-state index contributed by atoms with van der Waals surface area (Å²) >= 11 is 1.41. The van der Waals surface area contributed by atoms with Gasteiger partial charge < -0.3 is 25.2 Å². The van der Waals surface area contributed by atoms with E-state index >= 15 is 0 Å². The van der Waals surface area contributed by atoms with E-state index in [0.717, 1.165) is 35.5 Å². The SMILES string of the molecule is CCOc1cc2c(cc1OCC)C(=C(C#N)SCC(O)CNC1CCCCC1)NCC2.Cl. The van der Waals surface area contributed by atoms with E-state index in [1.807, 2.05) is 26.0 Å². The molecule has 6 nitrogen and oxygen atoms in total. The van der Waals surface area contributed by atoms with Gasteiger partial charge in [-0.15, -0.1) is 24.2 Å². The number of hydrogen-bond donors (Lipinski definition) is 3. The van der Waals surface area contributed by atoms with E-state index in [9.17, 15) is 10.4 Å². The van der Waals surface area contributed by atoms with Crippen molar-refractivity contribution in [3.63, 3.8) is 0 Å². The van der Waals surface area contributed by atoms with E-state index < -0.39 is 6.10 Å². The van der Waals surface area contributed by atoms with Gasteiger partial charge in [-0.3, -0.25) is 0 Å². The number of allylic oxidation sites excluding steroid dienone is 1. The lowest BCUT2D eigenvalue weighted by atomic mass is 9.95. The molecule has 0 radical (unpaired) electrons. The van der Waals surface area contributed by atoms with Crippen molar-refractivity contribution in [2.24, 2.45) is 0 Å². The van der Waals surface area contributed by atoms with E-state index in [4.69, 9.17) is 9.47 Å². The molecule has 3 N–H and O–H groups in total. The summed E-state index contributed by atoms with van der Waals surface area (Å²) in [7, 11) is 0. The van der Waals surface area contributed by atoms with Crippen LogP contribution in [0.15, 0.2) is 17.0 Å². The fourth-order valence-corrected chi connectivity index (χ4v) is 5.07. The largest absolute Gasteiger partial charge is 0.490 e. The third-order valence-electron chi connectivity index (χ3n) is 5.73. The number of halogens is 1. The molecule has 2 aliphatic rings. The molecule has 1 aromatic rings. The molecule has 8 heteroatoms. The minimum Gasteiger partial charge on any atom is -0.490 e. The van der Waals surface area contributed by atoms with Gasteiger partial charge in [0.15, 0.2) is 11.5 Å². The second-order valence-electron chi connectivity index (χ2n) is 8.02. The molecule has 1 atom stereocenters. The van der Waals surface area contributed by atoms with Crippen molar-refractivity contribution in [1.29, 1.82) is 5.26 Å². The van der Waals surface area contributed by atoms with Gasteiger partial charge in [0.1, 0.15) is 11.0 Å². The topological polar surface area (TPSA) is 86.5 Å². The Labute approximate surface area is 202 Å². The molecule has 0 amide bonds. The second-order valence-corrected chi connectivity index (χ2v) is 9.05. The zero-order valence-electron chi connectivity index (χ0n) is 19.1. The van der Waals surface area contributed by atoms with Crippen molar-refractivity contribution in [1.82, 2.24) is 10.6 Å². The summed E-state index contributed by atoms with van der Waals surface area (Å²) in [5.41, 5.74) is 2.95. The number of aliphatic hydroxyl groups excluding tert-OH is 1. The molecule has 178 valence electrons. The number of nitrogens with zero attached hydrogens (tertiary/aromatic N) is 1. The molecule has 0 spiro atoms. The third-order valence-corrected chi connectivity index (χ3v) is 6.87. The van der Waals surface area contributed by atoms with E-state index in [0.29, 0.717) is 42.2 Å². The zero-order valence-corrected chi connectivity index (χ0v) is 20.7. The maximum Gasteiger partial charge on any atom is 0.161 e.